The van der Waals surface area contributed by atoms with Gasteiger partial charge in [-0.15, -0.1) is 0 Å². The number of nitrogens with zero attached hydrogens (tertiary/aromatic N) is 3. The van der Waals surface area contributed by atoms with Gasteiger partial charge in [-0.25, -0.2) is 13.4 Å². The number of rotatable bonds is 5. The standard InChI is InChI=1S/C16H14N4O5S/c1-26(24,25)12-5-2-4-11(8-12)18-15(21)9-19-10-17-13-6-3-7-14(16(13)19)20(22)23/h2-8,10H,9H2,1H3,(H,18,21). The molecule has 1 N–H and O–H groups in total. The quantitative estimate of drug-likeness (QED) is 0.538. The van der Waals surface area contributed by atoms with E-state index >= 15 is 0 Å². The molecule has 0 aliphatic rings. The van der Waals surface area contributed by atoms with Crippen LogP contribution in [0.25, 0.3) is 11.0 Å². The van der Waals surface area contributed by atoms with Crippen LogP contribution in [0, 0.1) is 10.1 Å². The average molecular weight is 374 g/mol. The molecule has 0 aliphatic carbocycles. The molecular weight excluding hydrogens is 360 g/mol. The molecule has 1 amide bonds. The molecule has 26 heavy (non-hydrogen) atoms. The monoisotopic (exact) mass is 374 g/mol. The zero-order chi connectivity index (χ0) is 18.9. The normalized spacial score (nSPS) is 11.4. The Morgan fingerprint density at radius 3 is 2.69 bits per heavy atom. The van der Waals surface area contributed by atoms with Gasteiger partial charge in [-0.2, -0.15) is 0 Å². The number of nitro benzene ring substituents is 1. The number of carbonyl (C=O) groups is 1. The van der Waals surface area contributed by atoms with E-state index in [9.17, 15) is 23.3 Å². The first kappa shape index (κ1) is 17.5. The number of hydrogen-bond donors (Lipinski definition) is 1. The van der Waals surface area contributed by atoms with Crippen LogP contribution >= 0.6 is 0 Å². The Balaban J connectivity index is 1.86. The minimum Gasteiger partial charge on any atom is -0.324 e. The Hall–Kier alpha value is -3.27. The number of sulfone groups is 1. The van der Waals surface area contributed by atoms with Gasteiger partial charge in [0.1, 0.15) is 12.1 Å². The van der Waals surface area contributed by atoms with E-state index in [2.05, 4.69) is 10.3 Å². The molecule has 134 valence electrons. The third-order valence-electron chi connectivity index (χ3n) is 3.67. The van der Waals surface area contributed by atoms with Crippen LogP contribution in [-0.4, -0.2) is 35.1 Å². The Kier molecular flexibility index (Phi) is 4.43. The molecule has 2 aromatic carbocycles. The minimum atomic E-state index is -3.40. The molecule has 0 saturated heterocycles. The van der Waals surface area contributed by atoms with Crippen molar-refractivity contribution in [1.82, 2.24) is 9.55 Å². The molecule has 0 saturated carbocycles. The predicted octanol–water partition coefficient (Wildman–Crippen LogP) is 1.99. The fourth-order valence-electron chi connectivity index (χ4n) is 2.53. The Bertz CT molecular complexity index is 1120. The van der Waals surface area contributed by atoms with Gasteiger partial charge in [0.25, 0.3) is 5.69 Å². The first-order valence-corrected chi connectivity index (χ1v) is 9.33. The highest BCUT2D eigenvalue weighted by molar-refractivity contribution is 7.90. The third kappa shape index (κ3) is 3.54. The molecule has 0 unspecified atom stereocenters. The van der Waals surface area contributed by atoms with Crippen molar-refractivity contribution in [2.24, 2.45) is 0 Å². The number of para-hydroxylation sites is 1. The lowest BCUT2D eigenvalue weighted by molar-refractivity contribution is -0.383. The largest absolute Gasteiger partial charge is 0.324 e. The van der Waals surface area contributed by atoms with Crippen molar-refractivity contribution < 1.29 is 18.1 Å². The molecule has 3 rings (SSSR count). The maximum atomic E-state index is 12.3. The molecule has 9 nitrogen and oxygen atoms in total. The summed E-state index contributed by atoms with van der Waals surface area (Å²) in [6.07, 6.45) is 2.43. The summed E-state index contributed by atoms with van der Waals surface area (Å²) in [5, 5.41) is 13.8. The SMILES string of the molecule is CS(=O)(=O)c1cccc(NC(=O)Cn2cnc3cccc([N+](=O)[O-])c32)c1. The molecule has 0 fully saturated rings. The fraction of sp³-hybridized carbons (Fsp3) is 0.125. The molecule has 1 heterocycles. The third-order valence-corrected chi connectivity index (χ3v) is 4.78. The van der Waals surface area contributed by atoms with Crippen LogP contribution in [0.4, 0.5) is 11.4 Å². The molecular formula is C16H14N4O5S. The van der Waals surface area contributed by atoms with E-state index in [-0.39, 0.29) is 22.6 Å². The number of non-ortho nitro benzene ring substituents is 1. The fourth-order valence-corrected chi connectivity index (χ4v) is 3.20. The van der Waals surface area contributed by atoms with Crippen LogP contribution in [0.15, 0.2) is 53.7 Å². The van der Waals surface area contributed by atoms with Gasteiger partial charge in [0.2, 0.25) is 5.91 Å². The summed E-state index contributed by atoms with van der Waals surface area (Å²) in [7, 11) is -3.40. The van der Waals surface area contributed by atoms with E-state index in [1.54, 1.807) is 12.1 Å². The van der Waals surface area contributed by atoms with Crippen molar-refractivity contribution in [3.05, 3.63) is 58.9 Å². The van der Waals surface area contributed by atoms with E-state index in [1.165, 1.54) is 41.2 Å². The number of carbonyl (C=O) groups excluding carboxylic acids is 1. The van der Waals surface area contributed by atoms with Gasteiger partial charge in [-0.3, -0.25) is 14.9 Å². The van der Waals surface area contributed by atoms with E-state index in [4.69, 9.17) is 0 Å². The summed E-state index contributed by atoms with van der Waals surface area (Å²) in [5.74, 6) is -0.465. The summed E-state index contributed by atoms with van der Waals surface area (Å²) in [5.41, 5.74) is 0.826. The topological polar surface area (TPSA) is 124 Å². The second kappa shape index (κ2) is 6.56. The number of imidazole rings is 1. The Morgan fingerprint density at radius 2 is 2.00 bits per heavy atom. The van der Waals surface area contributed by atoms with Crippen molar-refractivity contribution in [1.29, 1.82) is 0 Å². The number of benzene rings is 2. The van der Waals surface area contributed by atoms with Crippen LogP contribution in [-0.2, 0) is 21.2 Å². The zero-order valence-electron chi connectivity index (χ0n) is 13.6. The van der Waals surface area contributed by atoms with Gasteiger partial charge in [-0.1, -0.05) is 12.1 Å². The summed E-state index contributed by atoms with van der Waals surface area (Å²) in [6, 6.07) is 10.3. The molecule has 0 spiro atoms. The highest BCUT2D eigenvalue weighted by Crippen LogP contribution is 2.24. The smallest absolute Gasteiger partial charge is 0.295 e. The number of hydrogen-bond acceptors (Lipinski definition) is 6. The van der Waals surface area contributed by atoms with Gasteiger partial charge in [0.05, 0.1) is 21.7 Å². The van der Waals surface area contributed by atoms with Gasteiger partial charge >= 0.3 is 0 Å². The Morgan fingerprint density at radius 1 is 1.27 bits per heavy atom. The average Bonchev–Trinajstić information content (AvgIpc) is 2.97. The van der Waals surface area contributed by atoms with E-state index in [0.717, 1.165) is 6.26 Å². The first-order chi connectivity index (χ1) is 12.3. The van der Waals surface area contributed by atoms with Crippen molar-refractivity contribution >= 4 is 38.2 Å². The molecule has 10 heteroatoms. The highest BCUT2D eigenvalue weighted by Gasteiger charge is 2.18. The summed E-state index contributed by atoms with van der Waals surface area (Å²) in [6.45, 7) is -0.204. The van der Waals surface area contributed by atoms with Gasteiger partial charge < -0.3 is 9.88 Å². The number of anilines is 1. The second-order valence-electron chi connectivity index (χ2n) is 5.62. The number of aromatic nitrogens is 2. The first-order valence-electron chi connectivity index (χ1n) is 7.44. The molecule has 1 aromatic heterocycles. The lowest BCUT2D eigenvalue weighted by atomic mass is 10.2. The van der Waals surface area contributed by atoms with Gasteiger partial charge in [-0.05, 0) is 24.3 Å². The van der Waals surface area contributed by atoms with Crippen LogP contribution < -0.4 is 5.32 Å². The maximum Gasteiger partial charge on any atom is 0.295 e. The van der Waals surface area contributed by atoms with E-state index in [0.29, 0.717) is 11.2 Å². The number of nitrogens with one attached hydrogen (secondary N) is 1. The minimum absolute atomic E-state index is 0.0824. The predicted molar refractivity (Wildman–Crippen MR) is 94.6 cm³/mol. The highest BCUT2D eigenvalue weighted by atomic mass is 32.2. The lowest BCUT2D eigenvalue weighted by Crippen LogP contribution is -2.18. The van der Waals surface area contributed by atoms with Crippen LogP contribution in [0.5, 0.6) is 0 Å². The summed E-state index contributed by atoms with van der Waals surface area (Å²) >= 11 is 0. The Labute approximate surface area is 148 Å². The number of amides is 1. The molecule has 0 aliphatic heterocycles. The lowest BCUT2D eigenvalue weighted by Gasteiger charge is -2.08. The van der Waals surface area contributed by atoms with Crippen molar-refractivity contribution in [2.45, 2.75) is 11.4 Å². The van der Waals surface area contributed by atoms with Crippen LogP contribution in [0.2, 0.25) is 0 Å². The zero-order valence-corrected chi connectivity index (χ0v) is 14.4. The molecule has 0 atom stereocenters. The van der Waals surface area contributed by atoms with Crippen LogP contribution in [0.3, 0.4) is 0 Å². The second-order valence-corrected chi connectivity index (χ2v) is 7.64. The van der Waals surface area contributed by atoms with Gasteiger partial charge in [0, 0.05) is 18.0 Å². The van der Waals surface area contributed by atoms with Crippen molar-refractivity contribution in [3.8, 4) is 0 Å². The summed E-state index contributed by atoms with van der Waals surface area (Å²) in [4.78, 5) is 27.1. The van der Waals surface area contributed by atoms with Gasteiger partial charge in [0.15, 0.2) is 9.84 Å². The molecule has 3 aromatic rings. The number of nitro groups is 1. The number of fused-ring (bicyclic) bond motifs is 1. The van der Waals surface area contributed by atoms with Crippen molar-refractivity contribution in [3.63, 3.8) is 0 Å². The van der Waals surface area contributed by atoms with E-state index in [1.807, 2.05) is 0 Å². The molecule has 0 bridgehead atoms. The maximum absolute atomic E-state index is 12.3. The van der Waals surface area contributed by atoms with Crippen LogP contribution in [0.1, 0.15) is 0 Å². The summed E-state index contributed by atoms with van der Waals surface area (Å²) < 4.78 is 24.6. The molecule has 0 radical (unpaired) electrons. The van der Waals surface area contributed by atoms with Crippen molar-refractivity contribution in [2.75, 3.05) is 11.6 Å². The van der Waals surface area contributed by atoms with E-state index < -0.39 is 20.7 Å².